The number of nitrogens with one attached hydrogen (secondary N) is 1. The molecule has 20 heavy (non-hydrogen) atoms. The normalized spacial score (nSPS) is 10.8. The van der Waals surface area contributed by atoms with E-state index in [2.05, 4.69) is 28.6 Å². The first-order valence-corrected chi connectivity index (χ1v) is 6.62. The average molecular weight is 267 g/mol. The summed E-state index contributed by atoms with van der Waals surface area (Å²) in [7, 11) is 1.68. The number of pyridine rings is 1. The predicted octanol–water partition coefficient (Wildman–Crippen LogP) is 2.63. The van der Waals surface area contributed by atoms with Crippen LogP contribution in [0.15, 0.2) is 54.9 Å². The van der Waals surface area contributed by atoms with Crippen LogP contribution in [0.3, 0.4) is 0 Å². The first kappa shape index (κ1) is 12.7. The molecule has 0 amide bonds. The molecule has 2 heterocycles. The number of hydrogen-bond donors (Lipinski definition) is 1. The van der Waals surface area contributed by atoms with E-state index >= 15 is 0 Å². The Kier molecular flexibility index (Phi) is 3.65. The maximum atomic E-state index is 5.15. The summed E-state index contributed by atoms with van der Waals surface area (Å²) in [6, 6.07) is 14.2. The fourth-order valence-electron chi connectivity index (χ4n) is 2.21. The molecule has 4 heteroatoms. The average Bonchev–Trinajstić information content (AvgIpc) is 2.92. The molecular weight excluding hydrogens is 250 g/mol. The predicted molar refractivity (Wildman–Crippen MR) is 78.7 cm³/mol. The molecule has 0 fully saturated rings. The SMILES string of the molecule is COc1ccc(CNCc2cnn3ccccc23)cc1. The van der Waals surface area contributed by atoms with Crippen LogP contribution in [0.25, 0.3) is 5.52 Å². The lowest BCUT2D eigenvalue weighted by atomic mass is 10.2. The molecule has 1 N–H and O–H groups in total. The molecule has 1 aromatic carbocycles. The number of rotatable bonds is 5. The van der Waals surface area contributed by atoms with Gasteiger partial charge in [-0.3, -0.25) is 0 Å². The lowest BCUT2D eigenvalue weighted by Gasteiger charge is -2.05. The lowest BCUT2D eigenvalue weighted by molar-refractivity contribution is 0.414. The van der Waals surface area contributed by atoms with Crippen LogP contribution >= 0.6 is 0 Å². The minimum atomic E-state index is 0.805. The second-order valence-corrected chi connectivity index (χ2v) is 4.65. The van der Waals surface area contributed by atoms with Crippen molar-refractivity contribution in [3.63, 3.8) is 0 Å². The van der Waals surface area contributed by atoms with Crippen LogP contribution in [-0.2, 0) is 13.1 Å². The highest BCUT2D eigenvalue weighted by molar-refractivity contribution is 5.53. The Balaban J connectivity index is 1.62. The molecule has 0 aliphatic rings. The van der Waals surface area contributed by atoms with Gasteiger partial charge in [-0.2, -0.15) is 5.10 Å². The van der Waals surface area contributed by atoms with Gasteiger partial charge < -0.3 is 10.1 Å². The molecule has 3 rings (SSSR count). The van der Waals surface area contributed by atoms with Crippen LogP contribution < -0.4 is 10.1 Å². The monoisotopic (exact) mass is 267 g/mol. The van der Waals surface area contributed by atoms with Crippen molar-refractivity contribution in [1.29, 1.82) is 0 Å². The zero-order valence-electron chi connectivity index (χ0n) is 11.4. The molecule has 0 aliphatic carbocycles. The van der Waals surface area contributed by atoms with Gasteiger partial charge in [0.1, 0.15) is 5.75 Å². The van der Waals surface area contributed by atoms with Gasteiger partial charge in [-0.15, -0.1) is 0 Å². The molecule has 0 atom stereocenters. The number of fused-ring (bicyclic) bond motifs is 1. The third-order valence-electron chi connectivity index (χ3n) is 3.31. The van der Waals surface area contributed by atoms with Crippen molar-refractivity contribution in [2.24, 2.45) is 0 Å². The highest BCUT2D eigenvalue weighted by Gasteiger charge is 2.02. The van der Waals surface area contributed by atoms with Gasteiger partial charge in [0, 0.05) is 24.8 Å². The van der Waals surface area contributed by atoms with E-state index in [0.717, 1.165) is 24.4 Å². The minimum Gasteiger partial charge on any atom is -0.497 e. The Hall–Kier alpha value is -2.33. The van der Waals surface area contributed by atoms with Gasteiger partial charge in [0.05, 0.1) is 18.8 Å². The number of benzene rings is 1. The van der Waals surface area contributed by atoms with E-state index < -0.39 is 0 Å². The Morgan fingerprint density at radius 3 is 2.75 bits per heavy atom. The summed E-state index contributed by atoms with van der Waals surface area (Å²) in [4.78, 5) is 0. The van der Waals surface area contributed by atoms with E-state index in [1.54, 1.807) is 7.11 Å². The summed E-state index contributed by atoms with van der Waals surface area (Å²) in [5, 5.41) is 7.77. The third kappa shape index (κ3) is 2.65. The van der Waals surface area contributed by atoms with Crippen LogP contribution in [0.4, 0.5) is 0 Å². The molecule has 0 radical (unpaired) electrons. The number of methoxy groups -OCH3 is 1. The summed E-state index contributed by atoms with van der Waals surface area (Å²) in [6.45, 7) is 1.63. The third-order valence-corrected chi connectivity index (χ3v) is 3.31. The summed E-state index contributed by atoms with van der Waals surface area (Å²) < 4.78 is 7.04. The zero-order chi connectivity index (χ0) is 13.8. The van der Waals surface area contributed by atoms with E-state index in [-0.39, 0.29) is 0 Å². The fourth-order valence-corrected chi connectivity index (χ4v) is 2.21. The lowest BCUT2D eigenvalue weighted by Crippen LogP contribution is -2.12. The Morgan fingerprint density at radius 2 is 1.95 bits per heavy atom. The highest BCUT2D eigenvalue weighted by atomic mass is 16.5. The molecule has 0 spiro atoms. The summed E-state index contributed by atoms with van der Waals surface area (Å²) >= 11 is 0. The summed E-state index contributed by atoms with van der Waals surface area (Å²) in [5.41, 5.74) is 3.59. The molecule has 4 nitrogen and oxygen atoms in total. The second kappa shape index (κ2) is 5.75. The summed E-state index contributed by atoms with van der Waals surface area (Å²) in [6.07, 6.45) is 3.87. The zero-order valence-corrected chi connectivity index (χ0v) is 11.4. The molecule has 0 unspecified atom stereocenters. The van der Waals surface area contributed by atoms with Crippen LogP contribution in [0, 0.1) is 0 Å². The minimum absolute atomic E-state index is 0.805. The Bertz CT molecular complexity index is 688. The molecular formula is C16H17N3O. The van der Waals surface area contributed by atoms with Gasteiger partial charge in [0.15, 0.2) is 0 Å². The number of hydrogen-bond acceptors (Lipinski definition) is 3. The van der Waals surface area contributed by atoms with Crippen molar-refractivity contribution >= 4 is 5.52 Å². The smallest absolute Gasteiger partial charge is 0.118 e. The van der Waals surface area contributed by atoms with Crippen molar-refractivity contribution in [2.75, 3.05) is 7.11 Å². The molecule has 0 saturated carbocycles. The van der Waals surface area contributed by atoms with E-state index in [4.69, 9.17) is 4.74 Å². The topological polar surface area (TPSA) is 38.6 Å². The van der Waals surface area contributed by atoms with Crippen LogP contribution in [0.5, 0.6) is 5.75 Å². The highest BCUT2D eigenvalue weighted by Crippen LogP contribution is 2.12. The van der Waals surface area contributed by atoms with Crippen LogP contribution in [-0.4, -0.2) is 16.7 Å². The largest absolute Gasteiger partial charge is 0.497 e. The Morgan fingerprint density at radius 1 is 1.10 bits per heavy atom. The standard InChI is InChI=1S/C16H17N3O/c1-20-15-7-5-13(6-8-15)10-17-11-14-12-18-19-9-3-2-4-16(14)19/h2-9,12,17H,10-11H2,1H3. The number of aromatic nitrogens is 2. The summed E-state index contributed by atoms with van der Waals surface area (Å²) in [5.74, 6) is 0.886. The molecule has 102 valence electrons. The van der Waals surface area contributed by atoms with Gasteiger partial charge in [-0.05, 0) is 29.8 Å². The van der Waals surface area contributed by atoms with E-state index in [9.17, 15) is 0 Å². The van der Waals surface area contributed by atoms with Crippen molar-refractivity contribution in [3.8, 4) is 5.75 Å². The fraction of sp³-hybridized carbons (Fsp3) is 0.188. The molecule has 0 bridgehead atoms. The maximum absolute atomic E-state index is 5.15. The van der Waals surface area contributed by atoms with Gasteiger partial charge in [0.25, 0.3) is 0 Å². The van der Waals surface area contributed by atoms with E-state index in [1.807, 2.05) is 41.2 Å². The maximum Gasteiger partial charge on any atom is 0.118 e. The molecule has 2 aromatic heterocycles. The number of ether oxygens (including phenoxy) is 1. The van der Waals surface area contributed by atoms with Crippen LogP contribution in [0.2, 0.25) is 0 Å². The van der Waals surface area contributed by atoms with Crippen LogP contribution in [0.1, 0.15) is 11.1 Å². The van der Waals surface area contributed by atoms with E-state index in [0.29, 0.717) is 0 Å². The molecule has 0 aliphatic heterocycles. The van der Waals surface area contributed by atoms with Gasteiger partial charge in [-0.25, -0.2) is 4.52 Å². The van der Waals surface area contributed by atoms with E-state index in [1.165, 1.54) is 11.1 Å². The van der Waals surface area contributed by atoms with Gasteiger partial charge in [0.2, 0.25) is 0 Å². The van der Waals surface area contributed by atoms with Crippen molar-refractivity contribution < 1.29 is 4.74 Å². The van der Waals surface area contributed by atoms with Crippen molar-refractivity contribution in [2.45, 2.75) is 13.1 Å². The Labute approximate surface area is 118 Å². The quantitative estimate of drug-likeness (QED) is 0.772. The first-order valence-electron chi connectivity index (χ1n) is 6.62. The second-order valence-electron chi connectivity index (χ2n) is 4.65. The number of nitrogens with zero attached hydrogens (tertiary/aromatic N) is 2. The van der Waals surface area contributed by atoms with Gasteiger partial charge in [-0.1, -0.05) is 18.2 Å². The van der Waals surface area contributed by atoms with Gasteiger partial charge >= 0.3 is 0 Å². The van der Waals surface area contributed by atoms with Crippen molar-refractivity contribution in [1.82, 2.24) is 14.9 Å². The van der Waals surface area contributed by atoms with Crippen molar-refractivity contribution in [3.05, 3.63) is 66.0 Å². The first-order chi connectivity index (χ1) is 9.86. The molecule has 0 saturated heterocycles. The molecule has 3 aromatic rings.